The third kappa shape index (κ3) is 2.79. The lowest BCUT2D eigenvalue weighted by atomic mass is 9.92. The van der Waals surface area contributed by atoms with Crippen LogP contribution in [-0.2, 0) is 23.8 Å². The van der Waals surface area contributed by atoms with Crippen LogP contribution in [-0.4, -0.2) is 50.2 Å². The standard InChI is InChI=1S/C13H16F3NO5/c1-20-11(19)12-4-8(12)10(12)17-9(18)5-21-6-2-7(3-6)22-13(14,15)16/h6-8,10H,2-5H2,1H3,(H,17,18). The smallest absolute Gasteiger partial charge is 0.469 e. The summed E-state index contributed by atoms with van der Waals surface area (Å²) in [4.78, 5) is 23.2. The Morgan fingerprint density at radius 2 is 1.95 bits per heavy atom. The molecule has 0 aromatic rings. The SMILES string of the molecule is COC(=O)C12CC1C2NC(=O)COC1CC(OC(F)(F)F)C1. The van der Waals surface area contributed by atoms with Crippen LogP contribution in [0.3, 0.4) is 0 Å². The summed E-state index contributed by atoms with van der Waals surface area (Å²) >= 11 is 0. The molecule has 0 heterocycles. The molecule has 9 heteroatoms. The summed E-state index contributed by atoms with van der Waals surface area (Å²) in [5.41, 5.74) is -0.535. The van der Waals surface area contributed by atoms with E-state index in [-0.39, 0.29) is 43.3 Å². The first-order valence-corrected chi connectivity index (χ1v) is 7.00. The molecule has 3 rings (SSSR count). The molecule has 3 fully saturated rings. The summed E-state index contributed by atoms with van der Waals surface area (Å²) in [5.74, 6) is -0.535. The summed E-state index contributed by atoms with van der Waals surface area (Å²) in [6, 6.07) is -0.196. The van der Waals surface area contributed by atoms with Crippen LogP contribution in [0.1, 0.15) is 19.3 Å². The minimum atomic E-state index is -4.64. The van der Waals surface area contributed by atoms with Crippen molar-refractivity contribution in [3.8, 4) is 0 Å². The average molecular weight is 323 g/mol. The Bertz CT molecular complexity index is 491. The van der Waals surface area contributed by atoms with E-state index in [1.807, 2.05) is 0 Å². The number of methoxy groups -OCH3 is 1. The zero-order valence-electron chi connectivity index (χ0n) is 11.8. The quantitative estimate of drug-likeness (QED) is 0.730. The summed E-state index contributed by atoms with van der Waals surface area (Å²) in [6.45, 7) is -0.232. The molecule has 3 saturated carbocycles. The fourth-order valence-corrected chi connectivity index (χ4v) is 3.04. The van der Waals surface area contributed by atoms with Crippen molar-refractivity contribution in [1.82, 2.24) is 5.32 Å². The Balaban J connectivity index is 1.30. The molecule has 6 nitrogen and oxygen atoms in total. The third-order valence-corrected chi connectivity index (χ3v) is 4.59. The van der Waals surface area contributed by atoms with Crippen LogP contribution in [0.5, 0.6) is 0 Å². The van der Waals surface area contributed by atoms with E-state index >= 15 is 0 Å². The van der Waals surface area contributed by atoms with Gasteiger partial charge in [-0.2, -0.15) is 0 Å². The van der Waals surface area contributed by atoms with Crippen LogP contribution in [0.25, 0.3) is 0 Å². The lowest BCUT2D eigenvalue weighted by molar-refractivity contribution is -0.357. The fraction of sp³-hybridized carbons (Fsp3) is 0.846. The Morgan fingerprint density at radius 1 is 1.27 bits per heavy atom. The van der Waals surface area contributed by atoms with Gasteiger partial charge in [0, 0.05) is 18.9 Å². The molecule has 0 aromatic carbocycles. The van der Waals surface area contributed by atoms with Crippen molar-refractivity contribution < 1.29 is 37.0 Å². The van der Waals surface area contributed by atoms with E-state index < -0.39 is 24.0 Å². The second kappa shape index (κ2) is 5.09. The summed E-state index contributed by atoms with van der Waals surface area (Å²) in [7, 11) is 1.31. The summed E-state index contributed by atoms with van der Waals surface area (Å²) in [6.07, 6.45) is -4.98. The molecule has 3 atom stereocenters. The van der Waals surface area contributed by atoms with Gasteiger partial charge in [0.1, 0.15) is 6.61 Å². The van der Waals surface area contributed by atoms with Crippen molar-refractivity contribution >= 4 is 11.9 Å². The number of nitrogens with one attached hydrogen (secondary N) is 1. The number of fused-ring (bicyclic) bond motifs is 1. The number of carbonyl (C=O) groups excluding carboxylic acids is 2. The maximum absolute atomic E-state index is 11.9. The van der Waals surface area contributed by atoms with Crippen molar-refractivity contribution in [3.63, 3.8) is 0 Å². The van der Waals surface area contributed by atoms with E-state index in [4.69, 9.17) is 4.74 Å². The number of hydrogen-bond acceptors (Lipinski definition) is 5. The number of halogens is 3. The molecule has 22 heavy (non-hydrogen) atoms. The third-order valence-electron chi connectivity index (χ3n) is 4.59. The molecule has 1 amide bonds. The molecule has 3 aliphatic carbocycles. The van der Waals surface area contributed by atoms with Gasteiger partial charge in [0.25, 0.3) is 0 Å². The Kier molecular flexibility index (Phi) is 3.59. The second-order valence-corrected chi connectivity index (χ2v) is 5.98. The van der Waals surface area contributed by atoms with Crippen LogP contribution in [0.4, 0.5) is 13.2 Å². The minimum Gasteiger partial charge on any atom is -0.469 e. The maximum atomic E-state index is 11.9. The van der Waals surface area contributed by atoms with Gasteiger partial charge in [0.05, 0.1) is 24.7 Å². The second-order valence-electron chi connectivity index (χ2n) is 5.98. The van der Waals surface area contributed by atoms with Crippen molar-refractivity contribution in [1.29, 1.82) is 0 Å². The Hall–Kier alpha value is -1.35. The summed E-state index contributed by atoms with van der Waals surface area (Å²) in [5, 5.41) is 2.69. The first-order valence-electron chi connectivity index (χ1n) is 7.00. The van der Waals surface area contributed by atoms with E-state index in [2.05, 4.69) is 14.8 Å². The molecule has 3 unspecified atom stereocenters. The van der Waals surface area contributed by atoms with Crippen LogP contribution in [0.2, 0.25) is 0 Å². The summed E-state index contributed by atoms with van der Waals surface area (Å²) < 4.78 is 49.5. The van der Waals surface area contributed by atoms with Crippen molar-refractivity contribution in [3.05, 3.63) is 0 Å². The minimum absolute atomic E-state index is 0.116. The molecule has 0 radical (unpaired) electrons. The zero-order valence-corrected chi connectivity index (χ0v) is 11.8. The first-order chi connectivity index (χ1) is 10.3. The molecule has 3 aliphatic rings. The van der Waals surface area contributed by atoms with E-state index in [9.17, 15) is 22.8 Å². The highest BCUT2D eigenvalue weighted by atomic mass is 19.4. The van der Waals surface area contributed by atoms with Crippen LogP contribution in [0.15, 0.2) is 0 Å². The zero-order chi connectivity index (χ0) is 16.1. The average Bonchev–Trinajstić information content (AvgIpc) is 3.25. The first kappa shape index (κ1) is 15.5. The van der Waals surface area contributed by atoms with Gasteiger partial charge in [-0.15, -0.1) is 13.2 Å². The normalized spacial score (nSPS) is 38.5. The lowest BCUT2D eigenvalue weighted by Crippen LogP contribution is -2.43. The van der Waals surface area contributed by atoms with Gasteiger partial charge in [0.2, 0.25) is 5.91 Å². The molecule has 0 aromatic heterocycles. The number of esters is 1. The van der Waals surface area contributed by atoms with E-state index in [1.54, 1.807) is 0 Å². The van der Waals surface area contributed by atoms with Gasteiger partial charge >= 0.3 is 12.3 Å². The van der Waals surface area contributed by atoms with Crippen LogP contribution in [0, 0.1) is 11.3 Å². The van der Waals surface area contributed by atoms with Crippen molar-refractivity contribution in [2.75, 3.05) is 13.7 Å². The predicted molar refractivity (Wildman–Crippen MR) is 64.4 cm³/mol. The van der Waals surface area contributed by atoms with Crippen LogP contribution >= 0.6 is 0 Å². The fourth-order valence-electron chi connectivity index (χ4n) is 3.04. The number of alkyl halides is 3. The maximum Gasteiger partial charge on any atom is 0.522 e. The van der Waals surface area contributed by atoms with Gasteiger partial charge < -0.3 is 14.8 Å². The van der Waals surface area contributed by atoms with Gasteiger partial charge in [-0.3, -0.25) is 14.3 Å². The molecule has 0 spiro atoms. The number of amides is 1. The predicted octanol–water partition coefficient (Wildman–Crippen LogP) is 0.748. The van der Waals surface area contributed by atoms with Gasteiger partial charge in [0.15, 0.2) is 0 Å². The molecule has 124 valence electrons. The van der Waals surface area contributed by atoms with Gasteiger partial charge in [-0.25, -0.2) is 0 Å². The van der Waals surface area contributed by atoms with Crippen LogP contribution < -0.4 is 5.32 Å². The highest BCUT2D eigenvalue weighted by Crippen LogP contribution is 2.75. The number of rotatable bonds is 6. The van der Waals surface area contributed by atoms with Crippen molar-refractivity contribution in [2.45, 2.75) is 43.9 Å². The molecule has 0 saturated heterocycles. The largest absolute Gasteiger partial charge is 0.522 e. The number of ether oxygens (including phenoxy) is 3. The molecule has 0 bridgehead atoms. The highest BCUT2D eigenvalue weighted by molar-refractivity contribution is 5.90. The monoisotopic (exact) mass is 323 g/mol. The molecular formula is C13H16F3NO5. The molecule has 1 N–H and O–H groups in total. The van der Waals surface area contributed by atoms with E-state index in [0.29, 0.717) is 0 Å². The topological polar surface area (TPSA) is 73.9 Å². The number of carbonyl (C=O) groups is 2. The highest BCUT2D eigenvalue weighted by Gasteiger charge is 2.84. The molecule has 0 aliphatic heterocycles. The molecular weight excluding hydrogens is 307 g/mol. The Labute approximate surface area is 124 Å². The Morgan fingerprint density at radius 3 is 2.50 bits per heavy atom. The number of hydrogen-bond donors (Lipinski definition) is 1. The van der Waals surface area contributed by atoms with E-state index in [1.165, 1.54) is 7.11 Å². The van der Waals surface area contributed by atoms with Crippen molar-refractivity contribution in [2.24, 2.45) is 11.3 Å². The van der Waals surface area contributed by atoms with Gasteiger partial charge in [-0.1, -0.05) is 0 Å². The lowest BCUT2D eigenvalue weighted by Gasteiger charge is -2.34. The van der Waals surface area contributed by atoms with E-state index in [0.717, 1.165) is 6.42 Å². The van der Waals surface area contributed by atoms with Gasteiger partial charge in [-0.05, 0) is 12.3 Å².